The van der Waals surface area contributed by atoms with Crippen LogP contribution in [0.1, 0.15) is 11.1 Å². The number of ether oxygens (including phenoxy) is 1. The highest BCUT2D eigenvalue weighted by Gasteiger charge is 2.08. The van der Waals surface area contributed by atoms with E-state index in [-0.39, 0.29) is 5.56 Å². The third-order valence-corrected chi connectivity index (χ3v) is 3.30. The third kappa shape index (κ3) is 2.54. The first-order valence-electron chi connectivity index (χ1n) is 5.59. The van der Waals surface area contributed by atoms with Gasteiger partial charge in [0, 0.05) is 18.9 Å². The van der Waals surface area contributed by atoms with Crippen molar-refractivity contribution in [2.45, 2.75) is 13.5 Å². The fourth-order valence-electron chi connectivity index (χ4n) is 1.88. The van der Waals surface area contributed by atoms with E-state index >= 15 is 0 Å². The number of hydrogen-bond donors (Lipinski definition) is 0. The van der Waals surface area contributed by atoms with Gasteiger partial charge in [-0.05, 0) is 41.1 Å². The molecule has 2 aromatic rings. The number of hydrogen-bond acceptors (Lipinski definition) is 2. The van der Waals surface area contributed by atoms with E-state index in [1.165, 1.54) is 0 Å². The van der Waals surface area contributed by atoms with Crippen LogP contribution in [0.25, 0.3) is 5.69 Å². The molecule has 0 saturated heterocycles. The first-order valence-corrected chi connectivity index (χ1v) is 6.39. The number of pyridine rings is 1. The largest absolute Gasteiger partial charge is 0.380 e. The first-order chi connectivity index (χ1) is 8.63. The van der Waals surface area contributed by atoms with Crippen molar-refractivity contribution < 1.29 is 4.74 Å². The molecule has 1 heterocycles. The third-order valence-electron chi connectivity index (χ3n) is 2.70. The zero-order chi connectivity index (χ0) is 13.1. The van der Waals surface area contributed by atoms with E-state index in [0.717, 1.165) is 16.8 Å². The van der Waals surface area contributed by atoms with Gasteiger partial charge in [0.05, 0.1) is 16.8 Å². The second-order valence-electron chi connectivity index (χ2n) is 4.10. The maximum Gasteiger partial charge on any atom is 0.269 e. The summed E-state index contributed by atoms with van der Waals surface area (Å²) in [6.07, 6.45) is 1.76. The summed E-state index contributed by atoms with van der Waals surface area (Å²) in [7, 11) is 1.65. The predicted molar refractivity (Wildman–Crippen MR) is 75.2 cm³/mol. The zero-order valence-corrected chi connectivity index (χ0v) is 11.9. The van der Waals surface area contributed by atoms with E-state index in [1.54, 1.807) is 23.9 Å². The summed E-state index contributed by atoms with van der Waals surface area (Å²) in [5.74, 6) is 0. The Labute approximate surface area is 114 Å². The van der Waals surface area contributed by atoms with Crippen molar-refractivity contribution in [2.24, 2.45) is 0 Å². The lowest BCUT2D eigenvalue weighted by atomic mass is 10.1. The molecule has 4 heteroatoms. The highest BCUT2D eigenvalue weighted by Crippen LogP contribution is 2.17. The average molecular weight is 308 g/mol. The molecule has 0 amide bonds. The van der Waals surface area contributed by atoms with E-state index in [1.807, 2.05) is 31.2 Å². The van der Waals surface area contributed by atoms with Crippen molar-refractivity contribution >= 4 is 15.9 Å². The Morgan fingerprint density at radius 1 is 1.33 bits per heavy atom. The Balaban J connectivity index is 2.63. The van der Waals surface area contributed by atoms with Crippen LogP contribution in [0.15, 0.2) is 45.8 Å². The molecule has 0 radical (unpaired) electrons. The van der Waals surface area contributed by atoms with Gasteiger partial charge in [-0.3, -0.25) is 9.36 Å². The lowest BCUT2D eigenvalue weighted by Crippen LogP contribution is -2.19. The molecule has 0 fully saturated rings. The van der Waals surface area contributed by atoms with Gasteiger partial charge in [0.1, 0.15) is 0 Å². The Kier molecular flexibility index (Phi) is 3.99. The monoisotopic (exact) mass is 307 g/mol. The van der Waals surface area contributed by atoms with Crippen LogP contribution in [0.4, 0.5) is 0 Å². The SMILES string of the molecule is COCc1cc(C)ccc1-n1cccc(Br)c1=O. The number of halogens is 1. The normalized spacial score (nSPS) is 10.6. The van der Waals surface area contributed by atoms with Crippen LogP contribution < -0.4 is 5.56 Å². The number of benzene rings is 1. The molecule has 0 aliphatic rings. The van der Waals surface area contributed by atoms with Crippen LogP contribution in [0, 0.1) is 6.92 Å². The summed E-state index contributed by atoms with van der Waals surface area (Å²) in [6, 6.07) is 9.54. The summed E-state index contributed by atoms with van der Waals surface area (Å²) >= 11 is 3.26. The highest BCUT2D eigenvalue weighted by atomic mass is 79.9. The smallest absolute Gasteiger partial charge is 0.269 e. The van der Waals surface area contributed by atoms with Crippen molar-refractivity contribution in [1.82, 2.24) is 4.57 Å². The van der Waals surface area contributed by atoms with Crippen molar-refractivity contribution in [1.29, 1.82) is 0 Å². The summed E-state index contributed by atoms with van der Waals surface area (Å²) in [5.41, 5.74) is 2.93. The van der Waals surface area contributed by atoms with E-state index in [0.29, 0.717) is 11.1 Å². The molecule has 0 spiro atoms. The highest BCUT2D eigenvalue weighted by molar-refractivity contribution is 9.10. The van der Waals surface area contributed by atoms with Gasteiger partial charge in [-0.1, -0.05) is 17.7 Å². The molecule has 94 valence electrons. The quantitative estimate of drug-likeness (QED) is 0.872. The Morgan fingerprint density at radius 3 is 2.83 bits per heavy atom. The molecule has 1 aromatic heterocycles. The summed E-state index contributed by atoms with van der Waals surface area (Å²) in [5, 5.41) is 0. The maximum absolute atomic E-state index is 12.1. The molecule has 0 atom stereocenters. The van der Waals surface area contributed by atoms with Crippen LogP contribution in [0.5, 0.6) is 0 Å². The lowest BCUT2D eigenvalue weighted by Gasteiger charge is -2.12. The predicted octanol–water partition coefficient (Wildman–Crippen LogP) is 3.05. The average Bonchev–Trinajstić information content (AvgIpc) is 2.34. The van der Waals surface area contributed by atoms with Gasteiger partial charge in [0.25, 0.3) is 5.56 Å². The molecule has 2 rings (SSSR count). The molecule has 0 unspecified atom stereocenters. The molecule has 0 bridgehead atoms. The van der Waals surface area contributed by atoms with Gasteiger partial charge in [0.15, 0.2) is 0 Å². The minimum Gasteiger partial charge on any atom is -0.380 e. The Hall–Kier alpha value is -1.39. The minimum atomic E-state index is -0.0706. The number of aromatic nitrogens is 1. The molecule has 18 heavy (non-hydrogen) atoms. The number of nitrogens with zero attached hydrogens (tertiary/aromatic N) is 1. The van der Waals surface area contributed by atoms with E-state index < -0.39 is 0 Å². The summed E-state index contributed by atoms with van der Waals surface area (Å²) < 4.78 is 7.36. The van der Waals surface area contributed by atoms with Crippen molar-refractivity contribution in [2.75, 3.05) is 7.11 Å². The summed E-state index contributed by atoms with van der Waals surface area (Å²) in [6.45, 7) is 2.50. The second kappa shape index (κ2) is 5.50. The summed E-state index contributed by atoms with van der Waals surface area (Å²) in [4.78, 5) is 12.1. The van der Waals surface area contributed by atoms with E-state index in [4.69, 9.17) is 4.74 Å². The van der Waals surface area contributed by atoms with Crippen molar-refractivity contribution in [3.63, 3.8) is 0 Å². The van der Waals surface area contributed by atoms with E-state index in [2.05, 4.69) is 15.9 Å². The first kappa shape index (κ1) is 13.1. The van der Waals surface area contributed by atoms with Crippen molar-refractivity contribution in [3.8, 4) is 5.69 Å². The number of aryl methyl sites for hydroxylation is 1. The van der Waals surface area contributed by atoms with Gasteiger partial charge in [-0.2, -0.15) is 0 Å². The van der Waals surface area contributed by atoms with Crippen LogP contribution in [-0.2, 0) is 11.3 Å². The van der Waals surface area contributed by atoms with Gasteiger partial charge in [0.2, 0.25) is 0 Å². The molecule has 0 aliphatic carbocycles. The second-order valence-corrected chi connectivity index (χ2v) is 4.95. The fraction of sp³-hybridized carbons (Fsp3) is 0.214. The minimum absolute atomic E-state index is 0.0706. The molecule has 1 aromatic carbocycles. The number of rotatable bonds is 3. The lowest BCUT2D eigenvalue weighted by molar-refractivity contribution is 0.184. The molecular weight excluding hydrogens is 294 g/mol. The van der Waals surface area contributed by atoms with Gasteiger partial charge in [-0.15, -0.1) is 0 Å². The fourth-order valence-corrected chi connectivity index (χ4v) is 2.22. The topological polar surface area (TPSA) is 31.2 Å². The van der Waals surface area contributed by atoms with Gasteiger partial charge < -0.3 is 4.74 Å². The number of methoxy groups -OCH3 is 1. The molecule has 0 saturated carbocycles. The molecule has 0 N–H and O–H groups in total. The van der Waals surface area contributed by atoms with Crippen LogP contribution in [-0.4, -0.2) is 11.7 Å². The maximum atomic E-state index is 12.1. The Bertz CT molecular complexity index is 619. The van der Waals surface area contributed by atoms with Crippen LogP contribution in [0.2, 0.25) is 0 Å². The molecule has 3 nitrogen and oxygen atoms in total. The van der Waals surface area contributed by atoms with Crippen LogP contribution >= 0.6 is 15.9 Å². The standard InChI is InChI=1S/C14H14BrNO2/c1-10-5-6-13(11(8-10)9-18-2)16-7-3-4-12(15)14(16)17/h3-8H,9H2,1-2H3. The van der Waals surface area contributed by atoms with Crippen molar-refractivity contribution in [3.05, 3.63) is 62.5 Å². The van der Waals surface area contributed by atoms with E-state index in [9.17, 15) is 4.79 Å². The molecular formula is C14H14BrNO2. The zero-order valence-electron chi connectivity index (χ0n) is 10.3. The van der Waals surface area contributed by atoms with Gasteiger partial charge >= 0.3 is 0 Å². The van der Waals surface area contributed by atoms with Gasteiger partial charge in [-0.25, -0.2) is 0 Å². The van der Waals surface area contributed by atoms with Crippen LogP contribution in [0.3, 0.4) is 0 Å². The molecule has 0 aliphatic heterocycles. The Morgan fingerprint density at radius 2 is 2.11 bits per heavy atom.